The molecule has 4 atom stereocenters. The second-order valence-electron chi connectivity index (χ2n) is 6.77. The van der Waals surface area contributed by atoms with E-state index in [1.54, 1.807) is 0 Å². The molecular formula is C17H28O4. The lowest BCUT2D eigenvalue weighted by Gasteiger charge is -2.38. The molecule has 120 valence electrons. The van der Waals surface area contributed by atoms with Crippen LogP contribution in [0.1, 0.15) is 53.4 Å². The van der Waals surface area contributed by atoms with E-state index in [9.17, 15) is 9.59 Å². The molecule has 0 radical (unpaired) electrons. The highest BCUT2D eigenvalue weighted by molar-refractivity contribution is 6.01. The van der Waals surface area contributed by atoms with Gasteiger partial charge in [-0.05, 0) is 49.4 Å². The van der Waals surface area contributed by atoms with E-state index >= 15 is 0 Å². The average molecular weight is 296 g/mol. The first-order valence-electron chi connectivity index (χ1n) is 8.33. The predicted octanol–water partition coefficient (Wildman–Crippen LogP) is 3.19. The molecule has 0 aliphatic heterocycles. The van der Waals surface area contributed by atoms with Crippen LogP contribution in [-0.2, 0) is 19.1 Å². The molecule has 0 amide bonds. The topological polar surface area (TPSA) is 52.6 Å². The van der Waals surface area contributed by atoms with E-state index in [4.69, 9.17) is 9.47 Å². The number of carbonyl (C=O) groups excluding carboxylic acids is 2. The number of hydrogen-bond acceptors (Lipinski definition) is 4. The maximum atomic E-state index is 12.6. The van der Waals surface area contributed by atoms with Crippen molar-refractivity contribution in [3.63, 3.8) is 0 Å². The van der Waals surface area contributed by atoms with Gasteiger partial charge in [-0.15, -0.1) is 0 Å². The Labute approximate surface area is 127 Å². The van der Waals surface area contributed by atoms with Gasteiger partial charge in [0.2, 0.25) is 0 Å². The van der Waals surface area contributed by atoms with Crippen molar-refractivity contribution >= 4 is 11.9 Å². The molecule has 0 aromatic heterocycles. The van der Waals surface area contributed by atoms with Crippen molar-refractivity contribution in [3.05, 3.63) is 0 Å². The molecule has 0 aromatic rings. The van der Waals surface area contributed by atoms with Crippen LogP contribution in [0.4, 0.5) is 0 Å². The fourth-order valence-corrected chi connectivity index (χ4v) is 4.24. The molecule has 0 N–H and O–H groups in total. The normalized spacial score (nSPS) is 33.0. The summed E-state index contributed by atoms with van der Waals surface area (Å²) >= 11 is 0. The number of carbonyl (C=O) groups is 2. The van der Waals surface area contributed by atoms with Crippen molar-refractivity contribution in [3.8, 4) is 0 Å². The minimum atomic E-state index is -1.04. The minimum Gasteiger partial charge on any atom is -0.465 e. The second-order valence-corrected chi connectivity index (χ2v) is 6.77. The first-order valence-corrected chi connectivity index (χ1v) is 8.33. The molecule has 2 aliphatic rings. The van der Waals surface area contributed by atoms with Gasteiger partial charge in [0.05, 0.1) is 13.2 Å². The van der Waals surface area contributed by atoms with Crippen molar-refractivity contribution in [1.29, 1.82) is 0 Å². The average Bonchev–Trinajstić information content (AvgIpc) is 3.00. The van der Waals surface area contributed by atoms with Crippen molar-refractivity contribution in [2.75, 3.05) is 13.2 Å². The summed E-state index contributed by atoms with van der Waals surface area (Å²) in [4.78, 5) is 25.3. The first kappa shape index (κ1) is 16.3. The third-order valence-electron chi connectivity index (χ3n) is 5.58. The summed E-state index contributed by atoms with van der Waals surface area (Å²) in [7, 11) is 0. The molecule has 4 unspecified atom stereocenters. The van der Waals surface area contributed by atoms with Crippen LogP contribution >= 0.6 is 0 Å². The fourth-order valence-electron chi connectivity index (χ4n) is 4.24. The van der Waals surface area contributed by atoms with Crippen LogP contribution in [0.5, 0.6) is 0 Å². The zero-order chi connectivity index (χ0) is 15.6. The molecule has 0 aromatic carbocycles. The van der Waals surface area contributed by atoms with Crippen molar-refractivity contribution < 1.29 is 19.1 Å². The molecule has 2 saturated carbocycles. The van der Waals surface area contributed by atoms with Gasteiger partial charge in [0.1, 0.15) is 0 Å². The summed E-state index contributed by atoms with van der Waals surface area (Å²) in [5.74, 6) is 0.751. The van der Waals surface area contributed by atoms with Crippen LogP contribution in [0.15, 0.2) is 0 Å². The number of esters is 2. The summed E-state index contributed by atoms with van der Waals surface area (Å²) < 4.78 is 10.8. The molecule has 0 spiro atoms. The van der Waals surface area contributed by atoms with Gasteiger partial charge in [0.25, 0.3) is 0 Å². The quantitative estimate of drug-likeness (QED) is 0.558. The molecular weight excluding hydrogens is 268 g/mol. The van der Waals surface area contributed by atoms with Gasteiger partial charge >= 0.3 is 11.9 Å². The monoisotopic (exact) mass is 296 g/mol. The van der Waals surface area contributed by atoms with Crippen LogP contribution in [0.25, 0.3) is 0 Å². The lowest BCUT2D eigenvalue weighted by atomic mass is 9.65. The molecule has 2 aliphatic carbocycles. The van der Waals surface area contributed by atoms with Crippen LogP contribution < -0.4 is 0 Å². The van der Waals surface area contributed by atoms with Gasteiger partial charge in [0, 0.05) is 0 Å². The Kier molecular flexibility index (Phi) is 4.95. The zero-order valence-electron chi connectivity index (χ0n) is 13.7. The van der Waals surface area contributed by atoms with E-state index < -0.39 is 5.41 Å². The van der Waals surface area contributed by atoms with Gasteiger partial charge in [-0.3, -0.25) is 9.59 Å². The molecule has 2 bridgehead atoms. The molecule has 2 rings (SSSR count). The number of rotatable bonds is 6. The largest absolute Gasteiger partial charge is 0.465 e. The summed E-state index contributed by atoms with van der Waals surface area (Å²) in [6.45, 7) is 9.06. The zero-order valence-corrected chi connectivity index (χ0v) is 13.7. The molecule has 2 fully saturated rings. The summed E-state index contributed by atoms with van der Waals surface area (Å²) in [6.07, 6.45) is 3.09. The van der Waals surface area contributed by atoms with Gasteiger partial charge in [-0.2, -0.15) is 0 Å². The summed E-state index contributed by atoms with van der Waals surface area (Å²) in [5.41, 5.74) is -1.04. The maximum Gasteiger partial charge on any atom is 0.323 e. The number of ether oxygens (including phenoxy) is 2. The molecule has 4 heteroatoms. The Balaban J connectivity index is 2.24. The number of hydrogen-bond donors (Lipinski definition) is 0. The maximum absolute atomic E-state index is 12.6. The standard InChI is InChI=1S/C17H28O4/c1-5-7-20-15(18)17(16(19)21-8-6-2)10-13-9-14(17)12(4)11(13)3/h11-14H,5-10H2,1-4H3. The SMILES string of the molecule is CCCOC(=O)C1(C(=O)OCCC)CC2CC1C(C)C2C. The van der Waals surface area contributed by atoms with Gasteiger partial charge < -0.3 is 9.47 Å². The van der Waals surface area contributed by atoms with Crippen molar-refractivity contribution in [2.24, 2.45) is 29.1 Å². The van der Waals surface area contributed by atoms with Crippen LogP contribution in [0.3, 0.4) is 0 Å². The lowest BCUT2D eigenvalue weighted by Crippen LogP contribution is -2.49. The third kappa shape index (κ3) is 2.58. The molecule has 4 nitrogen and oxygen atoms in total. The highest BCUT2D eigenvalue weighted by Gasteiger charge is 2.66. The molecule has 0 heterocycles. The molecule has 21 heavy (non-hydrogen) atoms. The second kappa shape index (κ2) is 6.37. The Hall–Kier alpha value is -1.06. The Morgan fingerprint density at radius 1 is 1.00 bits per heavy atom. The third-order valence-corrected chi connectivity index (χ3v) is 5.58. The van der Waals surface area contributed by atoms with E-state index in [-0.39, 0.29) is 17.9 Å². The van der Waals surface area contributed by atoms with Crippen molar-refractivity contribution in [1.82, 2.24) is 0 Å². The van der Waals surface area contributed by atoms with E-state index in [1.807, 2.05) is 13.8 Å². The Bertz CT molecular complexity index is 382. The first-order chi connectivity index (χ1) is 9.98. The lowest BCUT2D eigenvalue weighted by molar-refractivity contribution is -0.179. The highest BCUT2D eigenvalue weighted by Crippen LogP contribution is 2.62. The van der Waals surface area contributed by atoms with Crippen LogP contribution in [0.2, 0.25) is 0 Å². The van der Waals surface area contributed by atoms with Crippen molar-refractivity contribution in [2.45, 2.75) is 53.4 Å². The van der Waals surface area contributed by atoms with E-state index in [0.29, 0.717) is 37.4 Å². The number of fused-ring (bicyclic) bond motifs is 2. The van der Waals surface area contributed by atoms with Gasteiger partial charge in [-0.25, -0.2) is 0 Å². The van der Waals surface area contributed by atoms with Gasteiger partial charge in [-0.1, -0.05) is 27.7 Å². The Morgan fingerprint density at radius 2 is 1.52 bits per heavy atom. The minimum absolute atomic E-state index is 0.0752. The van der Waals surface area contributed by atoms with E-state index in [0.717, 1.165) is 19.3 Å². The summed E-state index contributed by atoms with van der Waals surface area (Å²) in [6, 6.07) is 0. The smallest absolute Gasteiger partial charge is 0.323 e. The Morgan fingerprint density at radius 3 is 1.90 bits per heavy atom. The predicted molar refractivity (Wildman–Crippen MR) is 79.5 cm³/mol. The van der Waals surface area contributed by atoms with Gasteiger partial charge in [0.15, 0.2) is 5.41 Å². The summed E-state index contributed by atoms with van der Waals surface area (Å²) in [5, 5.41) is 0. The van der Waals surface area contributed by atoms with E-state index in [1.165, 1.54) is 0 Å². The fraction of sp³-hybridized carbons (Fsp3) is 0.882. The van der Waals surface area contributed by atoms with Crippen LogP contribution in [0, 0.1) is 29.1 Å². The molecule has 0 saturated heterocycles. The highest BCUT2D eigenvalue weighted by atomic mass is 16.6. The van der Waals surface area contributed by atoms with E-state index in [2.05, 4.69) is 13.8 Å². The van der Waals surface area contributed by atoms with Crippen LogP contribution in [-0.4, -0.2) is 25.2 Å².